The minimum atomic E-state index is -0.779. The van der Waals surface area contributed by atoms with Gasteiger partial charge in [0, 0.05) is 11.8 Å². The van der Waals surface area contributed by atoms with Gasteiger partial charge in [0.15, 0.2) is 17.3 Å². The molecule has 1 N–H and O–H groups in total. The van der Waals surface area contributed by atoms with Gasteiger partial charge in [-0.25, -0.2) is 0 Å². The van der Waals surface area contributed by atoms with Crippen molar-refractivity contribution >= 4 is 17.5 Å². The molecule has 0 saturated heterocycles. The Hall–Kier alpha value is -2.28. The average Bonchev–Trinajstić information content (AvgIpc) is 2.96. The predicted octanol–water partition coefficient (Wildman–Crippen LogP) is 3.78. The van der Waals surface area contributed by atoms with Crippen LogP contribution in [0.2, 0.25) is 5.02 Å². The predicted molar refractivity (Wildman–Crippen MR) is 105 cm³/mol. The summed E-state index contributed by atoms with van der Waals surface area (Å²) >= 11 is 6.31. The first-order valence-corrected chi connectivity index (χ1v) is 9.68. The number of benzene rings is 1. The first kappa shape index (κ1) is 20.5. The Bertz CT molecular complexity index is 871. The molecule has 3 rings (SSSR count). The maximum atomic E-state index is 12.6. The Balaban J connectivity index is 1.72. The van der Waals surface area contributed by atoms with Crippen LogP contribution in [0.15, 0.2) is 16.7 Å². The number of ether oxygens (including phenoxy) is 2. The molecule has 0 unspecified atom stereocenters. The third-order valence-corrected chi connectivity index (χ3v) is 4.59. The molecular formula is C20H26ClN3O4. The maximum absolute atomic E-state index is 12.6. The van der Waals surface area contributed by atoms with Crippen molar-refractivity contribution < 1.29 is 18.8 Å². The van der Waals surface area contributed by atoms with Gasteiger partial charge in [0.1, 0.15) is 0 Å². The summed E-state index contributed by atoms with van der Waals surface area (Å²) in [5.74, 6) is 1.88. The number of halogens is 1. The van der Waals surface area contributed by atoms with Gasteiger partial charge in [0.25, 0.3) is 0 Å². The van der Waals surface area contributed by atoms with Crippen LogP contribution in [0.4, 0.5) is 0 Å². The van der Waals surface area contributed by atoms with Crippen LogP contribution in [0, 0.1) is 0 Å². The normalized spacial score (nSPS) is 14.5. The summed E-state index contributed by atoms with van der Waals surface area (Å²) in [5, 5.41) is 7.44. The second-order valence-corrected chi connectivity index (χ2v) is 8.89. The van der Waals surface area contributed by atoms with Gasteiger partial charge in [0.05, 0.1) is 30.2 Å². The molecule has 152 valence electrons. The highest BCUT2D eigenvalue weighted by Crippen LogP contribution is 2.38. The Labute approximate surface area is 169 Å². The SMILES string of the molecule is CC(C)(C)c1nc(C(C)(C)NC(=O)Cc2cc(Cl)c3c(c2)OCCCO3)no1. The van der Waals surface area contributed by atoms with E-state index in [0.717, 1.165) is 12.0 Å². The third kappa shape index (κ3) is 4.58. The van der Waals surface area contributed by atoms with E-state index in [9.17, 15) is 4.79 Å². The number of fused-ring (bicyclic) bond motifs is 1. The zero-order valence-corrected chi connectivity index (χ0v) is 17.6. The van der Waals surface area contributed by atoms with Crippen molar-refractivity contribution in [3.63, 3.8) is 0 Å². The first-order chi connectivity index (χ1) is 13.1. The Kier molecular flexibility index (Phi) is 5.57. The number of nitrogens with one attached hydrogen (secondary N) is 1. The highest BCUT2D eigenvalue weighted by atomic mass is 35.5. The molecule has 8 heteroatoms. The first-order valence-electron chi connectivity index (χ1n) is 9.30. The van der Waals surface area contributed by atoms with Gasteiger partial charge >= 0.3 is 0 Å². The van der Waals surface area contributed by atoms with Gasteiger partial charge in [0.2, 0.25) is 11.8 Å². The van der Waals surface area contributed by atoms with Crippen LogP contribution < -0.4 is 14.8 Å². The summed E-state index contributed by atoms with van der Waals surface area (Å²) in [5.41, 5.74) is -0.295. The molecular weight excluding hydrogens is 382 g/mol. The molecule has 28 heavy (non-hydrogen) atoms. The number of hydrogen-bond acceptors (Lipinski definition) is 6. The van der Waals surface area contributed by atoms with Crippen molar-refractivity contribution in [2.75, 3.05) is 13.2 Å². The van der Waals surface area contributed by atoms with Crippen LogP contribution in [0.5, 0.6) is 11.5 Å². The van der Waals surface area contributed by atoms with Crippen molar-refractivity contribution in [2.24, 2.45) is 0 Å². The summed E-state index contributed by atoms with van der Waals surface area (Å²) in [6.07, 6.45) is 0.931. The molecule has 0 aliphatic carbocycles. The highest BCUT2D eigenvalue weighted by Gasteiger charge is 2.31. The second kappa shape index (κ2) is 7.62. The monoisotopic (exact) mass is 407 g/mol. The molecule has 2 heterocycles. The van der Waals surface area contributed by atoms with E-state index in [0.29, 0.717) is 41.5 Å². The van der Waals surface area contributed by atoms with E-state index in [-0.39, 0.29) is 17.7 Å². The second-order valence-electron chi connectivity index (χ2n) is 8.48. The van der Waals surface area contributed by atoms with Crippen LogP contribution in [0.25, 0.3) is 0 Å². The number of hydrogen-bond donors (Lipinski definition) is 1. The number of aromatic nitrogens is 2. The summed E-state index contributed by atoms with van der Waals surface area (Å²) < 4.78 is 16.7. The molecule has 0 fully saturated rings. The van der Waals surface area contributed by atoms with Crippen molar-refractivity contribution in [2.45, 2.75) is 58.4 Å². The minimum Gasteiger partial charge on any atom is -0.489 e. The van der Waals surface area contributed by atoms with E-state index in [1.807, 2.05) is 34.6 Å². The van der Waals surface area contributed by atoms with Crippen LogP contribution >= 0.6 is 11.6 Å². The molecule has 1 aliphatic heterocycles. The van der Waals surface area contributed by atoms with E-state index in [2.05, 4.69) is 15.5 Å². The molecule has 2 aromatic rings. The van der Waals surface area contributed by atoms with Crippen LogP contribution in [-0.2, 0) is 22.2 Å². The van der Waals surface area contributed by atoms with Gasteiger partial charge in [-0.05, 0) is 31.5 Å². The van der Waals surface area contributed by atoms with Crippen LogP contribution in [-0.4, -0.2) is 29.3 Å². The van der Waals surface area contributed by atoms with E-state index in [4.69, 9.17) is 25.6 Å². The average molecular weight is 408 g/mol. The van der Waals surface area contributed by atoms with Gasteiger partial charge in [-0.2, -0.15) is 4.98 Å². The Morgan fingerprint density at radius 2 is 1.89 bits per heavy atom. The highest BCUT2D eigenvalue weighted by molar-refractivity contribution is 6.32. The number of nitrogens with zero attached hydrogens (tertiary/aromatic N) is 2. The molecule has 1 aromatic carbocycles. The van der Waals surface area contributed by atoms with Crippen molar-refractivity contribution in [3.8, 4) is 11.5 Å². The molecule has 1 amide bonds. The summed E-state index contributed by atoms with van der Waals surface area (Å²) in [7, 11) is 0. The lowest BCUT2D eigenvalue weighted by Gasteiger charge is -2.22. The molecule has 0 radical (unpaired) electrons. The summed E-state index contributed by atoms with van der Waals surface area (Å²) in [6, 6.07) is 3.53. The van der Waals surface area contributed by atoms with Crippen molar-refractivity contribution in [1.29, 1.82) is 0 Å². The molecule has 1 aliphatic rings. The topological polar surface area (TPSA) is 86.5 Å². The van der Waals surface area contributed by atoms with Gasteiger partial charge in [-0.3, -0.25) is 4.79 Å². The molecule has 1 aromatic heterocycles. The van der Waals surface area contributed by atoms with E-state index >= 15 is 0 Å². The summed E-state index contributed by atoms with van der Waals surface area (Å²) in [6.45, 7) is 10.8. The molecule has 0 atom stereocenters. The third-order valence-electron chi connectivity index (χ3n) is 4.31. The quantitative estimate of drug-likeness (QED) is 0.830. The molecule has 0 saturated carbocycles. The number of carbonyl (C=O) groups excluding carboxylic acids is 1. The number of carbonyl (C=O) groups is 1. The smallest absolute Gasteiger partial charge is 0.232 e. The lowest BCUT2D eigenvalue weighted by Crippen LogP contribution is -2.42. The standard InChI is InChI=1S/C20H26ClN3O4/c1-19(2,3)18-22-17(24-28-18)20(4,5)23-15(25)11-12-9-13(21)16-14(10-12)26-7-6-8-27-16/h9-10H,6-8,11H2,1-5H3,(H,23,25). The number of amides is 1. The molecule has 0 spiro atoms. The van der Waals surface area contributed by atoms with Gasteiger partial charge in [-0.1, -0.05) is 37.5 Å². The van der Waals surface area contributed by atoms with Crippen LogP contribution in [0.3, 0.4) is 0 Å². The largest absolute Gasteiger partial charge is 0.489 e. The maximum Gasteiger partial charge on any atom is 0.232 e. The Morgan fingerprint density at radius 3 is 2.57 bits per heavy atom. The molecule has 0 bridgehead atoms. The zero-order valence-electron chi connectivity index (χ0n) is 16.9. The lowest BCUT2D eigenvalue weighted by molar-refractivity contribution is -0.122. The van der Waals surface area contributed by atoms with Crippen molar-refractivity contribution in [3.05, 3.63) is 34.4 Å². The molecule has 7 nitrogen and oxygen atoms in total. The minimum absolute atomic E-state index is 0.143. The fourth-order valence-corrected chi connectivity index (χ4v) is 3.09. The van der Waals surface area contributed by atoms with E-state index in [1.165, 1.54) is 0 Å². The number of rotatable bonds is 4. The Morgan fingerprint density at radius 1 is 1.18 bits per heavy atom. The van der Waals surface area contributed by atoms with E-state index in [1.54, 1.807) is 12.1 Å². The summed E-state index contributed by atoms with van der Waals surface area (Å²) in [4.78, 5) is 17.1. The van der Waals surface area contributed by atoms with Crippen molar-refractivity contribution in [1.82, 2.24) is 15.5 Å². The van der Waals surface area contributed by atoms with Gasteiger partial charge < -0.3 is 19.3 Å². The fourth-order valence-electron chi connectivity index (χ4n) is 2.80. The zero-order chi connectivity index (χ0) is 20.5. The fraction of sp³-hybridized carbons (Fsp3) is 0.550. The lowest BCUT2D eigenvalue weighted by atomic mass is 9.97. The van der Waals surface area contributed by atoms with E-state index < -0.39 is 5.54 Å². The van der Waals surface area contributed by atoms with Crippen LogP contribution in [0.1, 0.15) is 58.3 Å². The van der Waals surface area contributed by atoms with Gasteiger partial charge in [-0.15, -0.1) is 0 Å².